The van der Waals surface area contributed by atoms with Gasteiger partial charge < -0.3 is 19.5 Å². The summed E-state index contributed by atoms with van der Waals surface area (Å²) in [5.74, 6) is 2.34. The first-order chi connectivity index (χ1) is 12.7. The summed E-state index contributed by atoms with van der Waals surface area (Å²) in [5.41, 5.74) is 3.19. The Morgan fingerprint density at radius 3 is 2.42 bits per heavy atom. The second-order valence-electron chi connectivity index (χ2n) is 5.69. The standard InChI is InChI=1S/C22H27NO3/c1-5-8-18-14-17(15-21(24-4)22(18)26-13-6-2)16-23-19-9-11-20(12-10-19)25-7-3/h5-6,9-12,14-15,23H,1-2,7-8,13,16H2,3-4H3. The van der Waals surface area contributed by atoms with E-state index in [9.17, 15) is 0 Å². The van der Waals surface area contributed by atoms with Crippen molar-refractivity contribution in [2.75, 3.05) is 25.6 Å². The summed E-state index contributed by atoms with van der Waals surface area (Å²) in [4.78, 5) is 0. The van der Waals surface area contributed by atoms with Gasteiger partial charge in [-0.05, 0) is 55.3 Å². The van der Waals surface area contributed by atoms with Crippen molar-refractivity contribution in [1.82, 2.24) is 0 Å². The summed E-state index contributed by atoms with van der Waals surface area (Å²) in [6, 6.07) is 12.0. The molecule has 2 rings (SSSR count). The number of hydrogen-bond donors (Lipinski definition) is 1. The van der Waals surface area contributed by atoms with E-state index in [1.54, 1.807) is 13.2 Å². The van der Waals surface area contributed by atoms with Crippen molar-refractivity contribution < 1.29 is 14.2 Å². The van der Waals surface area contributed by atoms with Gasteiger partial charge in [-0.2, -0.15) is 0 Å². The molecule has 0 amide bonds. The van der Waals surface area contributed by atoms with Gasteiger partial charge in [0.05, 0.1) is 13.7 Å². The molecule has 0 heterocycles. The maximum absolute atomic E-state index is 5.79. The number of anilines is 1. The zero-order chi connectivity index (χ0) is 18.8. The van der Waals surface area contributed by atoms with Crippen LogP contribution in [0.2, 0.25) is 0 Å². The van der Waals surface area contributed by atoms with Crippen molar-refractivity contribution in [3.8, 4) is 17.2 Å². The molecule has 0 bridgehead atoms. The van der Waals surface area contributed by atoms with Crippen LogP contribution in [0.15, 0.2) is 61.7 Å². The third-order valence-corrected chi connectivity index (χ3v) is 3.78. The van der Waals surface area contributed by atoms with Crippen molar-refractivity contribution in [2.24, 2.45) is 0 Å². The zero-order valence-electron chi connectivity index (χ0n) is 15.6. The van der Waals surface area contributed by atoms with E-state index in [2.05, 4.69) is 24.5 Å². The van der Waals surface area contributed by atoms with E-state index in [4.69, 9.17) is 14.2 Å². The second-order valence-corrected chi connectivity index (χ2v) is 5.69. The van der Waals surface area contributed by atoms with Crippen molar-refractivity contribution in [3.63, 3.8) is 0 Å². The van der Waals surface area contributed by atoms with E-state index in [-0.39, 0.29) is 0 Å². The van der Waals surface area contributed by atoms with E-state index in [0.29, 0.717) is 26.2 Å². The maximum Gasteiger partial charge on any atom is 0.165 e. The van der Waals surface area contributed by atoms with E-state index >= 15 is 0 Å². The molecule has 0 aromatic heterocycles. The van der Waals surface area contributed by atoms with Crippen LogP contribution in [-0.4, -0.2) is 20.3 Å². The average Bonchev–Trinajstić information content (AvgIpc) is 2.66. The average molecular weight is 353 g/mol. The molecule has 0 atom stereocenters. The Balaban J connectivity index is 2.16. The van der Waals surface area contributed by atoms with Crippen LogP contribution in [0.5, 0.6) is 17.2 Å². The minimum Gasteiger partial charge on any atom is -0.494 e. The van der Waals surface area contributed by atoms with Gasteiger partial charge in [-0.25, -0.2) is 0 Å². The molecule has 0 aliphatic carbocycles. The minimum atomic E-state index is 0.435. The van der Waals surface area contributed by atoms with Gasteiger partial charge in [-0.3, -0.25) is 0 Å². The van der Waals surface area contributed by atoms with Gasteiger partial charge in [-0.1, -0.05) is 18.7 Å². The highest BCUT2D eigenvalue weighted by Crippen LogP contribution is 2.34. The number of rotatable bonds is 11. The molecule has 4 nitrogen and oxygen atoms in total. The Bertz CT molecular complexity index is 723. The van der Waals surface area contributed by atoms with Crippen LogP contribution >= 0.6 is 0 Å². The van der Waals surface area contributed by atoms with Gasteiger partial charge in [0.15, 0.2) is 11.5 Å². The normalized spacial score (nSPS) is 10.1. The summed E-state index contributed by atoms with van der Waals surface area (Å²) < 4.78 is 16.8. The molecular formula is C22H27NO3. The summed E-state index contributed by atoms with van der Waals surface area (Å²) in [6.07, 6.45) is 4.29. The molecule has 2 aromatic carbocycles. The van der Waals surface area contributed by atoms with Crippen LogP contribution in [0.1, 0.15) is 18.1 Å². The van der Waals surface area contributed by atoms with Crippen LogP contribution in [0.4, 0.5) is 5.69 Å². The van der Waals surface area contributed by atoms with Crippen LogP contribution in [-0.2, 0) is 13.0 Å². The number of allylic oxidation sites excluding steroid dienone is 1. The summed E-state index contributed by atoms with van der Waals surface area (Å²) in [7, 11) is 1.65. The Morgan fingerprint density at radius 1 is 1.04 bits per heavy atom. The summed E-state index contributed by atoms with van der Waals surface area (Å²) >= 11 is 0. The Labute approximate surface area is 156 Å². The second kappa shape index (κ2) is 10.2. The lowest BCUT2D eigenvalue weighted by atomic mass is 10.1. The molecule has 138 valence electrons. The molecule has 0 radical (unpaired) electrons. The predicted molar refractivity (Wildman–Crippen MR) is 108 cm³/mol. The first kappa shape index (κ1) is 19.4. The minimum absolute atomic E-state index is 0.435. The van der Waals surface area contributed by atoms with Crippen molar-refractivity contribution in [2.45, 2.75) is 19.9 Å². The molecule has 26 heavy (non-hydrogen) atoms. The molecule has 0 saturated heterocycles. The van der Waals surface area contributed by atoms with Gasteiger partial charge in [0, 0.05) is 17.8 Å². The fraction of sp³-hybridized carbons (Fsp3) is 0.273. The van der Waals surface area contributed by atoms with Gasteiger partial charge in [0.25, 0.3) is 0 Å². The molecule has 2 aromatic rings. The van der Waals surface area contributed by atoms with Gasteiger partial charge >= 0.3 is 0 Å². The van der Waals surface area contributed by atoms with E-state index in [1.165, 1.54) is 0 Å². The number of methoxy groups -OCH3 is 1. The van der Waals surface area contributed by atoms with Crippen LogP contribution in [0.25, 0.3) is 0 Å². The third-order valence-electron chi connectivity index (χ3n) is 3.78. The quantitative estimate of drug-likeness (QED) is 0.577. The lowest BCUT2D eigenvalue weighted by Gasteiger charge is -2.16. The van der Waals surface area contributed by atoms with Crippen LogP contribution in [0, 0.1) is 0 Å². The van der Waals surface area contributed by atoms with Gasteiger partial charge in [0.1, 0.15) is 12.4 Å². The monoisotopic (exact) mass is 353 g/mol. The topological polar surface area (TPSA) is 39.7 Å². The Hall–Kier alpha value is -2.88. The van der Waals surface area contributed by atoms with Crippen molar-refractivity contribution in [1.29, 1.82) is 0 Å². The largest absolute Gasteiger partial charge is 0.494 e. The smallest absolute Gasteiger partial charge is 0.165 e. The molecule has 1 N–H and O–H groups in total. The van der Waals surface area contributed by atoms with Crippen molar-refractivity contribution >= 4 is 5.69 Å². The highest BCUT2D eigenvalue weighted by molar-refractivity contribution is 5.52. The first-order valence-electron chi connectivity index (χ1n) is 8.72. The maximum atomic E-state index is 5.79. The summed E-state index contributed by atoms with van der Waals surface area (Å²) in [6.45, 7) is 11.3. The van der Waals surface area contributed by atoms with Crippen LogP contribution in [0.3, 0.4) is 0 Å². The van der Waals surface area contributed by atoms with Crippen molar-refractivity contribution in [3.05, 3.63) is 72.8 Å². The third kappa shape index (κ3) is 5.31. The number of nitrogens with one attached hydrogen (secondary N) is 1. The highest BCUT2D eigenvalue weighted by atomic mass is 16.5. The lowest BCUT2D eigenvalue weighted by Crippen LogP contribution is -2.04. The molecule has 0 saturated carbocycles. The Morgan fingerprint density at radius 2 is 1.81 bits per heavy atom. The number of benzene rings is 2. The number of hydrogen-bond acceptors (Lipinski definition) is 4. The fourth-order valence-electron chi connectivity index (χ4n) is 2.63. The summed E-state index contributed by atoms with van der Waals surface area (Å²) in [5, 5.41) is 3.42. The molecule has 0 spiro atoms. The number of ether oxygens (including phenoxy) is 3. The van der Waals surface area contributed by atoms with Crippen LogP contribution < -0.4 is 19.5 Å². The molecule has 0 unspecified atom stereocenters. The fourth-order valence-corrected chi connectivity index (χ4v) is 2.63. The van der Waals surface area contributed by atoms with Gasteiger partial charge in [0.2, 0.25) is 0 Å². The SMILES string of the molecule is C=CCOc1c(CC=C)cc(CNc2ccc(OCC)cc2)cc1OC. The van der Waals surface area contributed by atoms with E-state index < -0.39 is 0 Å². The zero-order valence-corrected chi connectivity index (χ0v) is 15.6. The first-order valence-corrected chi connectivity index (χ1v) is 8.72. The highest BCUT2D eigenvalue weighted by Gasteiger charge is 2.12. The molecule has 4 heteroatoms. The predicted octanol–water partition coefficient (Wildman–Crippen LogP) is 5.00. The lowest BCUT2D eigenvalue weighted by molar-refractivity contribution is 0.323. The Kier molecular flexibility index (Phi) is 7.62. The molecular weight excluding hydrogens is 326 g/mol. The van der Waals surface area contributed by atoms with Gasteiger partial charge in [-0.15, -0.1) is 6.58 Å². The molecule has 0 fully saturated rings. The molecule has 0 aliphatic rings. The van der Waals surface area contributed by atoms with E-state index in [0.717, 1.165) is 34.1 Å². The molecule has 0 aliphatic heterocycles. The van der Waals surface area contributed by atoms with E-state index in [1.807, 2.05) is 43.3 Å².